The maximum Gasteiger partial charge on any atom is 0.0540 e. The molecule has 0 N–H and O–H groups in total. The van der Waals surface area contributed by atoms with Crippen LogP contribution < -0.4 is 9.80 Å². The molecule has 0 aliphatic rings. The number of nitrogens with zero attached hydrogens (tertiary/aromatic N) is 2. The van der Waals surface area contributed by atoms with Gasteiger partial charge in [0.05, 0.1) is 5.69 Å². The monoisotopic (exact) mass is 1150 g/mol. The Morgan fingerprint density at radius 1 is 0.191 bits per heavy atom. The van der Waals surface area contributed by atoms with Gasteiger partial charge in [0.15, 0.2) is 0 Å². The van der Waals surface area contributed by atoms with Crippen molar-refractivity contribution in [1.82, 2.24) is 0 Å². The minimum Gasteiger partial charge on any atom is -0.310 e. The van der Waals surface area contributed by atoms with Crippen molar-refractivity contribution in [3.8, 4) is 55.6 Å². The average molecular weight is 1150 g/mol. The van der Waals surface area contributed by atoms with E-state index in [-0.39, 0.29) is 0 Å². The molecule has 16 aromatic carbocycles. The fourth-order valence-corrected chi connectivity index (χ4v) is 14.7. The Labute approximate surface area is 521 Å². The van der Waals surface area contributed by atoms with Crippen molar-refractivity contribution in [2.75, 3.05) is 9.80 Å². The summed E-state index contributed by atoms with van der Waals surface area (Å²) >= 11 is 1.88. The zero-order chi connectivity index (χ0) is 58.8. The Hall–Kier alpha value is -11.4. The molecule has 0 radical (unpaired) electrons. The second kappa shape index (κ2) is 21.9. The highest BCUT2D eigenvalue weighted by molar-refractivity contribution is 7.26. The Morgan fingerprint density at radius 2 is 0.640 bits per heavy atom. The Morgan fingerprint density at radius 3 is 1.40 bits per heavy atom. The summed E-state index contributed by atoms with van der Waals surface area (Å²) in [5.41, 5.74) is 18.1. The number of anilines is 6. The van der Waals surface area contributed by atoms with Gasteiger partial charge in [0, 0.05) is 54.2 Å². The molecule has 0 spiro atoms. The fourth-order valence-electron chi connectivity index (χ4n) is 13.6. The molecule has 2 nitrogen and oxygen atoms in total. The molecular formula is C86H56N2S. The van der Waals surface area contributed by atoms with Crippen LogP contribution in [-0.2, 0) is 0 Å². The predicted octanol–water partition coefficient (Wildman–Crippen LogP) is 25.1. The number of benzene rings is 16. The molecule has 17 aromatic rings. The highest BCUT2D eigenvalue weighted by Crippen LogP contribution is 2.47. The lowest BCUT2D eigenvalue weighted by atomic mass is 9.96. The first-order chi connectivity index (χ1) is 44.1. The summed E-state index contributed by atoms with van der Waals surface area (Å²) < 4.78 is 2.61. The van der Waals surface area contributed by atoms with Gasteiger partial charge >= 0.3 is 0 Å². The van der Waals surface area contributed by atoms with Crippen LogP contribution in [0.2, 0.25) is 0 Å². The molecule has 416 valence electrons. The highest BCUT2D eigenvalue weighted by atomic mass is 32.1. The zero-order valence-electron chi connectivity index (χ0n) is 48.6. The van der Waals surface area contributed by atoms with Crippen LogP contribution in [0, 0.1) is 0 Å². The number of fused-ring (bicyclic) bond motifs is 10. The van der Waals surface area contributed by atoms with Crippen LogP contribution in [-0.4, -0.2) is 0 Å². The summed E-state index contributed by atoms with van der Waals surface area (Å²) in [4.78, 5) is 4.85. The van der Waals surface area contributed by atoms with E-state index in [2.05, 4.69) is 350 Å². The van der Waals surface area contributed by atoms with Gasteiger partial charge in [-0.25, -0.2) is 0 Å². The third kappa shape index (κ3) is 9.44. The first-order valence-corrected chi connectivity index (χ1v) is 31.3. The van der Waals surface area contributed by atoms with Crippen LogP contribution in [0.4, 0.5) is 34.1 Å². The lowest BCUT2D eigenvalue weighted by molar-refractivity contribution is 1.28. The topological polar surface area (TPSA) is 6.48 Å². The molecule has 1 heterocycles. The summed E-state index contributed by atoms with van der Waals surface area (Å²) in [5, 5.41) is 15.1. The van der Waals surface area contributed by atoms with E-state index in [0.717, 1.165) is 56.4 Å². The number of para-hydroxylation sites is 1. The van der Waals surface area contributed by atoms with Gasteiger partial charge in [0.2, 0.25) is 0 Å². The van der Waals surface area contributed by atoms with Gasteiger partial charge in [-0.15, -0.1) is 11.3 Å². The molecule has 3 heteroatoms. The lowest BCUT2D eigenvalue weighted by Gasteiger charge is -2.29. The van der Waals surface area contributed by atoms with E-state index in [1.54, 1.807) is 0 Å². The summed E-state index contributed by atoms with van der Waals surface area (Å²) in [6, 6.07) is 125. The van der Waals surface area contributed by atoms with E-state index in [1.807, 2.05) is 11.3 Å². The van der Waals surface area contributed by atoms with E-state index in [4.69, 9.17) is 0 Å². The molecule has 0 saturated heterocycles. The third-order valence-electron chi connectivity index (χ3n) is 18.0. The lowest BCUT2D eigenvalue weighted by Crippen LogP contribution is -2.12. The largest absolute Gasteiger partial charge is 0.310 e. The molecular weight excluding hydrogens is 1090 g/mol. The number of hydrogen-bond acceptors (Lipinski definition) is 3. The van der Waals surface area contributed by atoms with Crippen LogP contribution in [0.3, 0.4) is 0 Å². The highest BCUT2D eigenvalue weighted by Gasteiger charge is 2.21. The van der Waals surface area contributed by atoms with Crippen molar-refractivity contribution in [2.24, 2.45) is 0 Å². The van der Waals surface area contributed by atoms with Gasteiger partial charge in [0.25, 0.3) is 0 Å². The van der Waals surface area contributed by atoms with Crippen LogP contribution in [0.25, 0.3) is 130 Å². The molecule has 0 fully saturated rings. The van der Waals surface area contributed by atoms with Crippen LogP contribution in [0.1, 0.15) is 0 Å². The second-order valence-corrected chi connectivity index (χ2v) is 24.3. The van der Waals surface area contributed by atoms with Crippen molar-refractivity contribution < 1.29 is 0 Å². The van der Waals surface area contributed by atoms with Gasteiger partial charge in [-0.1, -0.05) is 255 Å². The predicted molar refractivity (Wildman–Crippen MR) is 383 cm³/mol. The Kier molecular flexibility index (Phi) is 12.8. The van der Waals surface area contributed by atoms with E-state index < -0.39 is 0 Å². The van der Waals surface area contributed by atoms with Gasteiger partial charge < -0.3 is 9.80 Å². The van der Waals surface area contributed by atoms with Crippen molar-refractivity contribution in [3.63, 3.8) is 0 Å². The van der Waals surface area contributed by atoms with Gasteiger partial charge in [0.1, 0.15) is 0 Å². The molecule has 0 saturated carbocycles. The summed E-state index contributed by atoms with van der Waals surface area (Å²) in [6.45, 7) is 0. The van der Waals surface area contributed by atoms with Gasteiger partial charge in [-0.3, -0.25) is 0 Å². The molecule has 0 aliphatic heterocycles. The number of hydrogen-bond donors (Lipinski definition) is 0. The standard InChI is InChI=1S/C86H56N2S/c1-2-18-65-52-67(36-32-57(65)14-1)66-20-11-22-73(53-66)87(75-48-50-79-70(55-75)37-35-62-16-4-7-25-77(62)79)74-23-12-21-69(54-74)80-26-9-10-29-83(80)88(71-44-38-59(39-45-71)58-30-33-64(34-31-58)78-28-13-19-61-15-3-6-24-76(61)78)72-46-40-60(41-47-72)68-42-49-82-85(56-68)89-84-51-43-63-17-5-8-27-81(63)86(82)84/h1-56H. The number of thiophene rings is 1. The maximum absolute atomic E-state index is 2.43. The summed E-state index contributed by atoms with van der Waals surface area (Å²) in [6.07, 6.45) is 0. The Balaban J connectivity index is 0.776. The fraction of sp³-hybridized carbons (Fsp3) is 0. The van der Waals surface area contributed by atoms with Gasteiger partial charge in [-0.05, 0) is 189 Å². The van der Waals surface area contributed by atoms with Crippen LogP contribution in [0.5, 0.6) is 0 Å². The van der Waals surface area contributed by atoms with E-state index in [9.17, 15) is 0 Å². The van der Waals surface area contributed by atoms with Gasteiger partial charge in [-0.2, -0.15) is 0 Å². The molecule has 89 heavy (non-hydrogen) atoms. The summed E-state index contributed by atoms with van der Waals surface area (Å²) in [7, 11) is 0. The molecule has 17 rings (SSSR count). The molecule has 0 unspecified atom stereocenters. The normalized spacial score (nSPS) is 11.6. The second-order valence-electron chi connectivity index (χ2n) is 23.2. The SMILES string of the molecule is c1cc(-c2ccc3ccccc3c2)cc(N(c2cccc(-c3ccccc3N(c3ccc(-c4ccc(-c5cccc6ccccc56)cc4)cc3)c3ccc(-c4ccc5c(c4)sc4ccc6ccccc6c45)cc3)c2)c2ccc3c(ccc4ccccc43)c2)c1. The third-order valence-corrected chi connectivity index (χ3v) is 19.1. The first kappa shape index (κ1) is 52.0. The average Bonchev–Trinajstić information content (AvgIpc) is 2.10. The smallest absolute Gasteiger partial charge is 0.0540 e. The van der Waals surface area contributed by atoms with Crippen LogP contribution >= 0.6 is 11.3 Å². The van der Waals surface area contributed by atoms with Crippen molar-refractivity contribution in [1.29, 1.82) is 0 Å². The molecule has 0 aliphatic carbocycles. The van der Waals surface area contributed by atoms with Crippen LogP contribution in [0.15, 0.2) is 340 Å². The summed E-state index contributed by atoms with van der Waals surface area (Å²) in [5.74, 6) is 0. The van der Waals surface area contributed by atoms with Crippen molar-refractivity contribution in [2.45, 2.75) is 0 Å². The molecule has 0 atom stereocenters. The molecule has 1 aromatic heterocycles. The van der Waals surface area contributed by atoms with E-state index >= 15 is 0 Å². The zero-order valence-corrected chi connectivity index (χ0v) is 49.5. The molecule has 0 bridgehead atoms. The quantitative estimate of drug-likeness (QED) is 0.119. The number of rotatable bonds is 11. The van der Waals surface area contributed by atoms with E-state index in [1.165, 1.54) is 107 Å². The first-order valence-electron chi connectivity index (χ1n) is 30.5. The maximum atomic E-state index is 2.43. The minimum absolute atomic E-state index is 1.06. The Bertz CT molecular complexity index is 5560. The molecule has 0 amide bonds. The van der Waals surface area contributed by atoms with E-state index in [0.29, 0.717) is 0 Å². The van der Waals surface area contributed by atoms with Crippen molar-refractivity contribution in [3.05, 3.63) is 340 Å². The minimum atomic E-state index is 1.06. The van der Waals surface area contributed by atoms with Crippen molar-refractivity contribution >= 4 is 119 Å².